The average molecular weight is 236 g/mol. The average Bonchev–Trinajstić information content (AvgIpc) is 3.00. The van der Waals surface area contributed by atoms with Crippen LogP contribution in [0, 0.1) is 0 Å². The first-order valence-electron chi connectivity index (χ1n) is 6.99. The molecule has 2 heterocycles. The maximum Gasteiger partial charge on any atom is 0.0964 e. The van der Waals surface area contributed by atoms with E-state index in [9.17, 15) is 0 Å². The predicted octanol–water partition coefficient (Wildman–Crippen LogP) is 1.72. The first-order valence-corrected chi connectivity index (χ1v) is 6.99. The van der Waals surface area contributed by atoms with Gasteiger partial charge in [0, 0.05) is 25.9 Å². The summed E-state index contributed by atoms with van der Waals surface area (Å²) in [6.07, 6.45) is 8.88. The minimum absolute atomic E-state index is 0.977. The van der Waals surface area contributed by atoms with Gasteiger partial charge in [-0.05, 0) is 12.8 Å². The highest BCUT2D eigenvalue weighted by molar-refractivity contribution is 5.83. The van der Waals surface area contributed by atoms with E-state index >= 15 is 0 Å². The topological polar surface area (TPSA) is 48.8 Å². The van der Waals surface area contributed by atoms with E-state index in [1.807, 2.05) is 0 Å². The fourth-order valence-electron chi connectivity index (χ4n) is 2.34. The molecule has 2 aliphatic rings. The van der Waals surface area contributed by atoms with Crippen LogP contribution in [-0.2, 0) is 0 Å². The van der Waals surface area contributed by atoms with Crippen molar-refractivity contribution in [1.82, 2.24) is 10.6 Å². The number of nitrogens with one attached hydrogen (secondary N) is 2. The van der Waals surface area contributed by atoms with Crippen molar-refractivity contribution in [2.75, 3.05) is 26.2 Å². The van der Waals surface area contributed by atoms with E-state index in [0.29, 0.717) is 0 Å². The van der Waals surface area contributed by atoms with Gasteiger partial charge in [-0.2, -0.15) is 0 Å². The molecule has 0 radical (unpaired) electrons. The standard InChI is InChI=1S/C13H24N4/c1(2-4-6-12-14-8-9-15-12)3-5-7-13-16-10-11-17-13/h1-11H2,(H,14,15)(H,16,17). The number of unbranched alkanes of at least 4 members (excludes halogenated alkanes) is 4. The second-order valence-electron chi connectivity index (χ2n) is 4.78. The SMILES string of the molecule is C(CCCC1=NCCN1)CCCC1=NCCN1. The van der Waals surface area contributed by atoms with Crippen molar-refractivity contribution < 1.29 is 0 Å². The second-order valence-corrected chi connectivity index (χ2v) is 4.78. The maximum absolute atomic E-state index is 4.40. The van der Waals surface area contributed by atoms with Gasteiger partial charge in [0.25, 0.3) is 0 Å². The molecular formula is C13H24N4. The Morgan fingerprint density at radius 3 is 1.59 bits per heavy atom. The number of aliphatic imine (C=N–C) groups is 2. The van der Waals surface area contributed by atoms with Gasteiger partial charge in [0.15, 0.2) is 0 Å². The van der Waals surface area contributed by atoms with Crippen LogP contribution in [0.4, 0.5) is 0 Å². The Morgan fingerprint density at radius 2 is 1.18 bits per heavy atom. The van der Waals surface area contributed by atoms with Gasteiger partial charge in [-0.3, -0.25) is 9.98 Å². The van der Waals surface area contributed by atoms with Crippen LogP contribution in [-0.4, -0.2) is 37.9 Å². The van der Waals surface area contributed by atoms with E-state index in [0.717, 1.165) is 39.0 Å². The molecule has 0 bridgehead atoms. The summed E-state index contributed by atoms with van der Waals surface area (Å²) in [5, 5.41) is 6.64. The Labute approximate surface area is 104 Å². The van der Waals surface area contributed by atoms with Crippen molar-refractivity contribution in [3.63, 3.8) is 0 Å². The smallest absolute Gasteiger partial charge is 0.0964 e. The largest absolute Gasteiger partial charge is 0.372 e. The minimum atomic E-state index is 0.977. The lowest BCUT2D eigenvalue weighted by molar-refractivity contribution is 0.628. The molecule has 0 amide bonds. The number of hydrogen-bond acceptors (Lipinski definition) is 4. The van der Waals surface area contributed by atoms with Gasteiger partial charge in [0.1, 0.15) is 0 Å². The molecule has 4 nitrogen and oxygen atoms in total. The van der Waals surface area contributed by atoms with E-state index in [-0.39, 0.29) is 0 Å². The first-order chi connectivity index (χ1) is 8.45. The van der Waals surface area contributed by atoms with Gasteiger partial charge in [0.2, 0.25) is 0 Å². The molecule has 96 valence electrons. The van der Waals surface area contributed by atoms with Gasteiger partial charge >= 0.3 is 0 Å². The Balaban J connectivity index is 1.38. The van der Waals surface area contributed by atoms with Crippen LogP contribution in [0.3, 0.4) is 0 Å². The van der Waals surface area contributed by atoms with Crippen molar-refractivity contribution >= 4 is 11.7 Å². The third kappa shape index (κ3) is 4.75. The molecular weight excluding hydrogens is 212 g/mol. The molecule has 2 aliphatic heterocycles. The summed E-state index contributed by atoms with van der Waals surface area (Å²) in [7, 11) is 0. The highest BCUT2D eigenvalue weighted by Crippen LogP contribution is 2.09. The number of hydrogen-bond donors (Lipinski definition) is 2. The van der Waals surface area contributed by atoms with Crippen molar-refractivity contribution in [3.05, 3.63) is 0 Å². The Bertz CT molecular complexity index is 255. The summed E-state index contributed by atoms with van der Waals surface area (Å²) in [6, 6.07) is 0. The fraction of sp³-hybridized carbons (Fsp3) is 0.846. The molecule has 0 aromatic carbocycles. The van der Waals surface area contributed by atoms with E-state index in [1.165, 1.54) is 43.8 Å². The van der Waals surface area contributed by atoms with Crippen LogP contribution in [0.1, 0.15) is 44.9 Å². The summed E-state index contributed by atoms with van der Waals surface area (Å²) in [5.74, 6) is 2.46. The lowest BCUT2D eigenvalue weighted by Gasteiger charge is -2.03. The zero-order valence-corrected chi connectivity index (χ0v) is 10.7. The molecule has 0 aromatic rings. The van der Waals surface area contributed by atoms with Crippen LogP contribution in [0.25, 0.3) is 0 Å². The van der Waals surface area contributed by atoms with Crippen LogP contribution in [0.5, 0.6) is 0 Å². The van der Waals surface area contributed by atoms with E-state index in [2.05, 4.69) is 20.6 Å². The number of amidine groups is 2. The summed E-state index contributed by atoms with van der Waals surface area (Å²) >= 11 is 0. The maximum atomic E-state index is 4.40. The molecule has 0 fully saturated rings. The lowest BCUT2D eigenvalue weighted by atomic mass is 10.1. The number of rotatable bonds is 8. The Morgan fingerprint density at radius 1 is 0.706 bits per heavy atom. The van der Waals surface area contributed by atoms with Crippen molar-refractivity contribution in [2.45, 2.75) is 44.9 Å². The summed E-state index contributed by atoms with van der Waals surface area (Å²) in [5.41, 5.74) is 0. The van der Waals surface area contributed by atoms with Gasteiger partial charge in [-0.15, -0.1) is 0 Å². The normalized spacial score (nSPS) is 18.6. The quantitative estimate of drug-likeness (QED) is 0.630. The molecule has 2 N–H and O–H groups in total. The van der Waals surface area contributed by atoms with Crippen molar-refractivity contribution in [3.8, 4) is 0 Å². The highest BCUT2D eigenvalue weighted by atomic mass is 15.1. The van der Waals surface area contributed by atoms with E-state index in [1.54, 1.807) is 0 Å². The summed E-state index contributed by atoms with van der Waals surface area (Å²) in [6.45, 7) is 4.05. The van der Waals surface area contributed by atoms with Gasteiger partial charge in [0.05, 0.1) is 24.8 Å². The molecule has 4 heteroatoms. The van der Waals surface area contributed by atoms with Crippen LogP contribution >= 0.6 is 0 Å². The van der Waals surface area contributed by atoms with Crippen LogP contribution < -0.4 is 10.6 Å². The van der Waals surface area contributed by atoms with Gasteiger partial charge < -0.3 is 10.6 Å². The molecule has 0 aliphatic carbocycles. The Hall–Kier alpha value is -1.06. The molecule has 0 unspecified atom stereocenters. The van der Waals surface area contributed by atoms with Crippen molar-refractivity contribution in [1.29, 1.82) is 0 Å². The van der Waals surface area contributed by atoms with E-state index in [4.69, 9.17) is 0 Å². The zero-order chi connectivity index (χ0) is 11.8. The molecule has 0 saturated carbocycles. The van der Waals surface area contributed by atoms with Gasteiger partial charge in [-0.1, -0.05) is 19.3 Å². The van der Waals surface area contributed by atoms with E-state index < -0.39 is 0 Å². The third-order valence-corrected chi connectivity index (χ3v) is 3.31. The highest BCUT2D eigenvalue weighted by Gasteiger charge is 2.05. The lowest BCUT2D eigenvalue weighted by Crippen LogP contribution is -2.18. The molecule has 0 atom stereocenters. The second kappa shape index (κ2) is 7.30. The monoisotopic (exact) mass is 236 g/mol. The fourth-order valence-corrected chi connectivity index (χ4v) is 2.34. The molecule has 0 spiro atoms. The predicted molar refractivity (Wildman–Crippen MR) is 72.9 cm³/mol. The van der Waals surface area contributed by atoms with Crippen molar-refractivity contribution in [2.24, 2.45) is 9.98 Å². The minimum Gasteiger partial charge on any atom is -0.372 e. The molecule has 17 heavy (non-hydrogen) atoms. The summed E-state index contributed by atoms with van der Waals surface area (Å²) in [4.78, 5) is 8.81. The first kappa shape index (κ1) is 12.4. The van der Waals surface area contributed by atoms with Crippen LogP contribution in [0.15, 0.2) is 9.98 Å². The molecule has 0 saturated heterocycles. The van der Waals surface area contributed by atoms with Crippen LogP contribution in [0.2, 0.25) is 0 Å². The number of nitrogens with zero attached hydrogens (tertiary/aromatic N) is 2. The molecule has 2 rings (SSSR count). The molecule has 0 aromatic heterocycles. The Kier molecular flexibility index (Phi) is 5.33. The third-order valence-electron chi connectivity index (χ3n) is 3.31. The summed E-state index contributed by atoms with van der Waals surface area (Å²) < 4.78 is 0. The van der Waals surface area contributed by atoms with Gasteiger partial charge in [-0.25, -0.2) is 0 Å². The zero-order valence-electron chi connectivity index (χ0n) is 10.7.